The Morgan fingerprint density at radius 3 is 2.74 bits per heavy atom. The third-order valence-electron chi connectivity index (χ3n) is 4.86. The smallest absolute Gasteiger partial charge is 0.0991 e. The minimum Gasteiger partial charge on any atom is -0.381 e. The molecule has 0 N–H and O–H groups in total. The highest BCUT2D eigenvalue weighted by molar-refractivity contribution is 4.96. The topological polar surface area (TPSA) is 30.9 Å². The largest absolute Gasteiger partial charge is 0.381 e. The third kappa shape index (κ3) is 3.13. The lowest BCUT2D eigenvalue weighted by atomic mass is 9.98. The van der Waals surface area contributed by atoms with Crippen molar-refractivity contribution in [3.8, 4) is 0 Å². The second-order valence-corrected chi connectivity index (χ2v) is 6.02. The van der Waals surface area contributed by atoms with Gasteiger partial charge in [-0.25, -0.2) is 0 Å². The quantitative estimate of drug-likeness (QED) is 0.777. The van der Waals surface area contributed by atoms with Crippen LogP contribution in [0.3, 0.4) is 0 Å². The second kappa shape index (κ2) is 6.53. The zero-order valence-electron chi connectivity index (χ0n) is 12.1. The molecule has 19 heavy (non-hydrogen) atoms. The van der Waals surface area contributed by atoms with E-state index in [4.69, 9.17) is 14.2 Å². The highest BCUT2D eigenvalue weighted by atomic mass is 16.5. The summed E-state index contributed by atoms with van der Waals surface area (Å²) in [5, 5.41) is 0. The normalized spacial score (nSPS) is 37.4. The molecular weight excluding hydrogens is 242 g/mol. The van der Waals surface area contributed by atoms with E-state index in [2.05, 4.69) is 11.8 Å². The molecule has 0 amide bonds. The molecule has 4 heteroatoms. The average molecular weight is 269 g/mol. The van der Waals surface area contributed by atoms with Crippen molar-refractivity contribution in [1.82, 2.24) is 4.90 Å². The minimum absolute atomic E-state index is 0.313. The van der Waals surface area contributed by atoms with E-state index in [1.165, 1.54) is 25.8 Å². The molecule has 0 aromatic heterocycles. The van der Waals surface area contributed by atoms with Crippen LogP contribution >= 0.6 is 0 Å². The minimum atomic E-state index is 0.313. The average Bonchev–Trinajstić information content (AvgIpc) is 2.85. The van der Waals surface area contributed by atoms with Gasteiger partial charge < -0.3 is 14.2 Å². The van der Waals surface area contributed by atoms with E-state index in [-0.39, 0.29) is 0 Å². The number of hydrogen-bond acceptors (Lipinski definition) is 4. The van der Waals surface area contributed by atoms with Crippen LogP contribution in [0.15, 0.2) is 0 Å². The summed E-state index contributed by atoms with van der Waals surface area (Å²) >= 11 is 0. The first-order chi connectivity index (χ1) is 9.38. The summed E-state index contributed by atoms with van der Waals surface area (Å²) in [6, 6.07) is 0.591. The van der Waals surface area contributed by atoms with Crippen molar-refractivity contribution in [1.29, 1.82) is 0 Å². The molecule has 0 aromatic carbocycles. The van der Waals surface area contributed by atoms with Crippen LogP contribution in [-0.2, 0) is 14.2 Å². The zero-order valence-corrected chi connectivity index (χ0v) is 12.1. The van der Waals surface area contributed by atoms with E-state index in [9.17, 15) is 0 Å². The van der Waals surface area contributed by atoms with Gasteiger partial charge in [0.05, 0.1) is 18.8 Å². The molecule has 2 aliphatic heterocycles. The first-order valence-corrected chi connectivity index (χ1v) is 7.93. The van der Waals surface area contributed by atoms with Crippen LogP contribution in [0, 0.1) is 5.92 Å². The van der Waals surface area contributed by atoms with Crippen molar-refractivity contribution in [2.24, 2.45) is 5.92 Å². The lowest BCUT2D eigenvalue weighted by Crippen LogP contribution is -2.53. The van der Waals surface area contributed by atoms with E-state index < -0.39 is 0 Å². The maximum Gasteiger partial charge on any atom is 0.0991 e. The molecule has 2 heterocycles. The molecule has 0 unspecified atom stereocenters. The fourth-order valence-corrected chi connectivity index (χ4v) is 3.87. The number of nitrogens with zero attached hydrogens (tertiary/aromatic N) is 1. The molecule has 2 saturated heterocycles. The van der Waals surface area contributed by atoms with Crippen molar-refractivity contribution in [2.45, 2.75) is 50.9 Å². The molecule has 3 aliphatic rings. The Morgan fingerprint density at radius 2 is 1.95 bits per heavy atom. The SMILES string of the molecule is CCO[C@@H]1CC[C@H]2[C@H]1OCCN2CC1CCOCC1. The van der Waals surface area contributed by atoms with Crippen molar-refractivity contribution < 1.29 is 14.2 Å². The van der Waals surface area contributed by atoms with Crippen LogP contribution in [0.2, 0.25) is 0 Å². The van der Waals surface area contributed by atoms with Crippen molar-refractivity contribution in [3.05, 3.63) is 0 Å². The van der Waals surface area contributed by atoms with E-state index >= 15 is 0 Å². The maximum atomic E-state index is 6.00. The lowest BCUT2D eigenvalue weighted by Gasteiger charge is -2.41. The third-order valence-corrected chi connectivity index (χ3v) is 4.86. The van der Waals surface area contributed by atoms with Gasteiger partial charge in [-0.1, -0.05) is 0 Å². The van der Waals surface area contributed by atoms with Crippen LogP contribution in [-0.4, -0.2) is 62.7 Å². The van der Waals surface area contributed by atoms with Crippen LogP contribution in [0.25, 0.3) is 0 Å². The Morgan fingerprint density at radius 1 is 1.11 bits per heavy atom. The van der Waals surface area contributed by atoms with E-state index in [1.54, 1.807) is 0 Å². The molecule has 0 radical (unpaired) electrons. The molecule has 0 aromatic rings. The maximum absolute atomic E-state index is 6.00. The summed E-state index contributed by atoms with van der Waals surface area (Å²) in [6.45, 7) is 7.97. The molecule has 1 saturated carbocycles. The molecule has 3 fully saturated rings. The van der Waals surface area contributed by atoms with Gasteiger partial charge in [0.15, 0.2) is 0 Å². The summed E-state index contributed by atoms with van der Waals surface area (Å²) in [7, 11) is 0. The Hall–Kier alpha value is -0.160. The number of ether oxygens (including phenoxy) is 3. The molecule has 110 valence electrons. The van der Waals surface area contributed by atoms with Gasteiger partial charge in [0.1, 0.15) is 0 Å². The molecule has 0 spiro atoms. The Kier molecular flexibility index (Phi) is 4.74. The van der Waals surface area contributed by atoms with Crippen molar-refractivity contribution in [3.63, 3.8) is 0 Å². The van der Waals surface area contributed by atoms with E-state index in [0.29, 0.717) is 18.2 Å². The van der Waals surface area contributed by atoms with Gasteiger partial charge in [0.2, 0.25) is 0 Å². The van der Waals surface area contributed by atoms with Gasteiger partial charge in [-0.15, -0.1) is 0 Å². The number of morpholine rings is 1. The van der Waals surface area contributed by atoms with E-state index in [1.807, 2.05) is 0 Å². The molecular formula is C15H27NO3. The highest BCUT2D eigenvalue weighted by Gasteiger charge is 2.43. The lowest BCUT2D eigenvalue weighted by molar-refractivity contribution is -0.115. The van der Waals surface area contributed by atoms with Crippen molar-refractivity contribution in [2.75, 3.05) is 39.5 Å². The summed E-state index contributed by atoms with van der Waals surface area (Å²) < 4.78 is 17.3. The molecule has 0 bridgehead atoms. The molecule has 3 atom stereocenters. The number of hydrogen-bond donors (Lipinski definition) is 0. The van der Waals surface area contributed by atoms with Gasteiger partial charge in [-0.05, 0) is 38.5 Å². The van der Waals surface area contributed by atoms with Crippen LogP contribution in [0.5, 0.6) is 0 Å². The first kappa shape index (κ1) is 13.8. The van der Waals surface area contributed by atoms with Gasteiger partial charge >= 0.3 is 0 Å². The second-order valence-electron chi connectivity index (χ2n) is 6.02. The summed E-state index contributed by atoms with van der Waals surface area (Å²) in [5.41, 5.74) is 0. The summed E-state index contributed by atoms with van der Waals surface area (Å²) in [5.74, 6) is 0.818. The zero-order chi connectivity index (χ0) is 13.1. The number of fused-ring (bicyclic) bond motifs is 1. The Labute approximate surface area is 116 Å². The monoisotopic (exact) mass is 269 g/mol. The highest BCUT2D eigenvalue weighted by Crippen LogP contribution is 2.33. The predicted octanol–water partition coefficient (Wildman–Crippen LogP) is 1.68. The molecule has 4 nitrogen and oxygen atoms in total. The van der Waals surface area contributed by atoms with Crippen molar-refractivity contribution >= 4 is 0 Å². The van der Waals surface area contributed by atoms with Gasteiger partial charge in [0.25, 0.3) is 0 Å². The molecule has 3 rings (SSSR count). The standard InChI is InChI=1S/C15H27NO3/c1-2-18-14-4-3-13-15(14)19-10-7-16(13)11-12-5-8-17-9-6-12/h12-15H,2-11H2,1H3/t13-,14+,15+/m0/s1. The summed E-state index contributed by atoms with van der Waals surface area (Å²) in [4.78, 5) is 2.67. The predicted molar refractivity (Wildman–Crippen MR) is 73.3 cm³/mol. The van der Waals surface area contributed by atoms with Gasteiger partial charge in [0, 0.05) is 39.0 Å². The Balaban J connectivity index is 1.56. The summed E-state index contributed by atoms with van der Waals surface area (Å²) in [6.07, 6.45) is 5.49. The van der Waals surface area contributed by atoms with E-state index in [0.717, 1.165) is 45.3 Å². The van der Waals surface area contributed by atoms with Crippen LogP contribution in [0.4, 0.5) is 0 Å². The van der Waals surface area contributed by atoms with Gasteiger partial charge in [-0.3, -0.25) is 4.90 Å². The fourth-order valence-electron chi connectivity index (χ4n) is 3.87. The fraction of sp³-hybridized carbons (Fsp3) is 1.00. The first-order valence-electron chi connectivity index (χ1n) is 7.93. The number of rotatable bonds is 4. The molecule has 1 aliphatic carbocycles. The van der Waals surface area contributed by atoms with Crippen LogP contribution < -0.4 is 0 Å². The Bertz CT molecular complexity index is 281. The van der Waals surface area contributed by atoms with Crippen LogP contribution in [0.1, 0.15) is 32.6 Å². The van der Waals surface area contributed by atoms with Gasteiger partial charge in [-0.2, -0.15) is 0 Å².